The Labute approximate surface area is 159 Å². The summed E-state index contributed by atoms with van der Waals surface area (Å²) >= 11 is 4.97. The van der Waals surface area contributed by atoms with Crippen molar-refractivity contribution in [2.24, 2.45) is 11.5 Å². The summed E-state index contributed by atoms with van der Waals surface area (Å²) in [6.07, 6.45) is 3.20. The summed E-state index contributed by atoms with van der Waals surface area (Å²) < 4.78 is 0. The highest BCUT2D eigenvalue weighted by Gasteiger charge is 2.11. The molecule has 0 aromatic heterocycles. The van der Waals surface area contributed by atoms with Gasteiger partial charge in [0.05, 0.1) is 11.4 Å². The summed E-state index contributed by atoms with van der Waals surface area (Å²) in [6.45, 7) is 0.764. The summed E-state index contributed by atoms with van der Waals surface area (Å²) in [6, 6.07) is 13.3. The molecule has 26 heavy (non-hydrogen) atoms. The van der Waals surface area contributed by atoms with Crippen molar-refractivity contribution in [2.75, 3.05) is 12.8 Å². The monoisotopic (exact) mass is 365 g/mol. The molecule has 0 bridgehead atoms. The highest BCUT2D eigenvalue weighted by atomic mass is 32.1. The van der Waals surface area contributed by atoms with Crippen LogP contribution in [-0.2, 0) is 6.54 Å². The van der Waals surface area contributed by atoms with Crippen LogP contribution in [0.15, 0.2) is 54.4 Å². The molecule has 0 unspecified atom stereocenters. The molecule has 6 heteroatoms. The molecule has 8 N–H and O–H groups in total. The van der Waals surface area contributed by atoms with Crippen molar-refractivity contribution in [1.82, 2.24) is 5.32 Å². The summed E-state index contributed by atoms with van der Waals surface area (Å²) in [5, 5.41) is 13.0. The van der Waals surface area contributed by atoms with Crippen LogP contribution >= 0.6 is 12.2 Å². The highest BCUT2D eigenvalue weighted by Crippen LogP contribution is 2.22. The van der Waals surface area contributed by atoms with E-state index in [-0.39, 0.29) is 5.71 Å². The Morgan fingerprint density at radius 3 is 2.65 bits per heavy atom. The van der Waals surface area contributed by atoms with Gasteiger partial charge < -0.3 is 22.5 Å². The molecule has 0 atom stereocenters. The molecule has 5 nitrogen and oxygen atoms in total. The SMILES string of the molecule is CNCc1cccc(/C=C(\N)C(=N)c2cc(/C(C=S)=C/N)ccc2N)c1. The lowest BCUT2D eigenvalue weighted by Gasteiger charge is -2.11. The Kier molecular flexibility index (Phi) is 6.66. The van der Waals surface area contributed by atoms with E-state index < -0.39 is 0 Å². The van der Waals surface area contributed by atoms with Crippen LogP contribution in [0.25, 0.3) is 11.6 Å². The Balaban J connectivity index is 2.37. The second-order valence-electron chi connectivity index (χ2n) is 5.79. The van der Waals surface area contributed by atoms with E-state index in [1.54, 1.807) is 18.2 Å². The van der Waals surface area contributed by atoms with E-state index in [0.29, 0.717) is 22.5 Å². The van der Waals surface area contributed by atoms with Crippen molar-refractivity contribution in [3.05, 3.63) is 76.6 Å². The number of nitrogens with one attached hydrogen (secondary N) is 2. The lowest BCUT2D eigenvalue weighted by molar-refractivity contribution is 0.818. The molecule has 2 rings (SSSR count). The largest absolute Gasteiger partial charge is 0.404 e. The predicted molar refractivity (Wildman–Crippen MR) is 115 cm³/mol. The van der Waals surface area contributed by atoms with E-state index in [2.05, 4.69) is 5.32 Å². The molecule has 0 saturated heterocycles. The van der Waals surface area contributed by atoms with Gasteiger partial charge in [-0.2, -0.15) is 0 Å². The minimum Gasteiger partial charge on any atom is -0.404 e. The van der Waals surface area contributed by atoms with E-state index in [4.69, 9.17) is 34.8 Å². The molecule has 134 valence electrons. The number of nitrogens with two attached hydrogens (primary N) is 3. The molecule has 0 aliphatic carbocycles. The van der Waals surface area contributed by atoms with Crippen molar-refractivity contribution in [3.63, 3.8) is 0 Å². The van der Waals surface area contributed by atoms with Crippen molar-refractivity contribution >= 4 is 40.6 Å². The number of allylic oxidation sites excluding steroid dienone is 2. The fraction of sp³-hybridized carbons (Fsp3) is 0.100. The minimum absolute atomic E-state index is 0.157. The van der Waals surface area contributed by atoms with Crippen LogP contribution in [0, 0.1) is 5.41 Å². The normalized spacial score (nSPS) is 12.0. The number of thiocarbonyl (C=S) groups is 1. The molecule has 0 radical (unpaired) electrons. The Bertz CT molecular complexity index is 884. The van der Waals surface area contributed by atoms with Crippen LogP contribution in [-0.4, -0.2) is 18.1 Å². The lowest BCUT2D eigenvalue weighted by atomic mass is 9.98. The van der Waals surface area contributed by atoms with Gasteiger partial charge in [0, 0.05) is 34.9 Å². The lowest BCUT2D eigenvalue weighted by Crippen LogP contribution is -2.14. The maximum Gasteiger partial charge on any atom is 0.0862 e. The van der Waals surface area contributed by atoms with Crippen molar-refractivity contribution in [1.29, 1.82) is 5.41 Å². The number of hydrogen-bond acceptors (Lipinski definition) is 6. The second kappa shape index (κ2) is 8.94. The average molecular weight is 366 g/mol. The van der Waals surface area contributed by atoms with E-state index in [1.165, 1.54) is 11.6 Å². The van der Waals surface area contributed by atoms with E-state index in [0.717, 1.165) is 23.2 Å². The van der Waals surface area contributed by atoms with Gasteiger partial charge in [-0.1, -0.05) is 42.5 Å². The average Bonchev–Trinajstić information content (AvgIpc) is 2.64. The molecule has 0 aliphatic heterocycles. The highest BCUT2D eigenvalue weighted by molar-refractivity contribution is 7.79. The fourth-order valence-electron chi connectivity index (χ4n) is 2.56. The summed E-state index contributed by atoms with van der Waals surface area (Å²) in [5.74, 6) is 0. The fourth-order valence-corrected chi connectivity index (χ4v) is 2.77. The number of nitrogen functional groups attached to an aromatic ring is 1. The molecule has 2 aromatic carbocycles. The van der Waals surface area contributed by atoms with Gasteiger partial charge in [0.2, 0.25) is 0 Å². The standard InChI is InChI=1S/C20H23N5S/c1-25-11-14-4-2-3-13(7-14)8-19(23)20(24)17-9-15(5-6-18(17)22)16(10-21)12-26/h2-10,12,24-25H,11,21-23H2,1H3/b16-10+,19-8-,24-20?. The maximum atomic E-state index is 8.44. The zero-order valence-corrected chi connectivity index (χ0v) is 15.4. The van der Waals surface area contributed by atoms with Crippen molar-refractivity contribution < 1.29 is 0 Å². The number of rotatable bonds is 7. The summed E-state index contributed by atoms with van der Waals surface area (Å²) in [7, 11) is 1.90. The van der Waals surface area contributed by atoms with E-state index in [9.17, 15) is 0 Å². The van der Waals surface area contributed by atoms with Crippen molar-refractivity contribution in [2.45, 2.75) is 6.54 Å². The summed E-state index contributed by atoms with van der Waals surface area (Å²) in [5.41, 5.74) is 22.9. The third kappa shape index (κ3) is 4.56. The van der Waals surface area contributed by atoms with Crippen molar-refractivity contribution in [3.8, 4) is 0 Å². The molecule has 0 aliphatic rings. The quantitative estimate of drug-likeness (QED) is 0.224. The van der Waals surface area contributed by atoms with Gasteiger partial charge in [-0.05, 0) is 41.9 Å². The van der Waals surface area contributed by atoms with Crippen LogP contribution in [0.5, 0.6) is 0 Å². The number of benzene rings is 2. The first kappa shape index (κ1) is 19.4. The Hall–Kier alpha value is -2.96. The van der Waals surface area contributed by atoms with Gasteiger partial charge in [-0.15, -0.1) is 0 Å². The van der Waals surface area contributed by atoms with Crippen LogP contribution < -0.4 is 22.5 Å². The van der Waals surface area contributed by atoms with Gasteiger partial charge in [0.25, 0.3) is 0 Å². The van der Waals surface area contributed by atoms with Crippen LogP contribution in [0.3, 0.4) is 0 Å². The molecule has 0 spiro atoms. The van der Waals surface area contributed by atoms with Gasteiger partial charge in [-0.3, -0.25) is 5.41 Å². The van der Waals surface area contributed by atoms with Gasteiger partial charge in [0.15, 0.2) is 0 Å². The first-order chi connectivity index (χ1) is 12.5. The molecule has 0 amide bonds. The van der Waals surface area contributed by atoms with E-state index in [1.807, 2.05) is 37.4 Å². The van der Waals surface area contributed by atoms with Crippen LogP contribution in [0.2, 0.25) is 0 Å². The second-order valence-corrected chi connectivity index (χ2v) is 6.03. The van der Waals surface area contributed by atoms with Crippen LogP contribution in [0.4, 0.5) is 5.69 Å². The zero-order chi connectivity index (χ0) is 19.1. The summed E-state index contributed by atoms with van der Waals surface area (Å²) in [4.78, 5) is 0. The first-order valence-corrected chi connectivity index (χ1v) is 8.54. The zero-order valence-electron chi connectivity index (χ0n) is 14.6. The van der Waals surface area contributed by atoms with Crippen LogP contribution in [0.1, 0.15) is 22.3 Å². The molecular formula is C20H23N5S. The van der Waals surface area contributed by atoms with Gasteiger partial charge in [-0.25, -0.2) is 0 Å². The smallest absolute Gasteiger partial charge is 0.0862 e. The number of anilines is 1. The predicted octanol–water partition coefficient (Wildman–Crippen LogP) is 2.66. The molecule has 0 heterocycles. The third-order valence-corrected chi connectivity index (χ3v) is 4.16. The molecule has 0 fully saturated rings. The molecular weight excluding hydrogens is 342 g/mol. The topological polar surface area (TPSA) is 114 Å². The van der Waals surface area contributed by atoms with Gasteiger partial charge >= 0.3 is 0 Å². The first-order valence-electron chi connectivity index (χ1n) is 8.07. The third-order valence-electron chi connectivity index (χ3n) is 3.91. The Morgan fingerprint density at radius 2 is 2.00 bits per heavy atom. The molecule has 0 saturated carbocycles. The number of hydrogen-bond donors (Lipinski definition) is 5. The minimum atomic E-state index is 0.157. The van der Waals surface area contributed by atoms with E-state index >= 15 is 0 Å². The maximum absolute atomic E-state index is 8.44. The Morgan fingerprint density at radius 1 is 1.23 bits per heavy atom. The molecule has 2 aromatic rings. The van der Waals surface area contributed by atoms with Gasteiger partial charge in [0.1, 0.15) is 0 Å².